The Morgan fingerprint density at radius 3 is 2.85 bits per heavy atom. The van der Waals surface area contributed by atoms with Crippen LogP contribution in [0.5, 0.6) is 0 Å². The van der Waals surface area contributed by atoms with Crippen molar-refractivity contribution in [2.45, 2.75) is 13.8 Å². The summed E-state index contributed by atoms with van der Waals surface area (Å²) in [6.45, 7) is 3.91. The first-order valence-electron chi connectivity index (χ1n) is 4.21. The van der Waals surface area contributed by atoms with Gasteiger partial charge in [0.2, 0.25) is 0 Å². The van der Waals surface area contributed by atoms with Gasteiger partial charge >= 0.3 is 0 Å². The van der Waals surface area contributed by atoms with E-state index in [0.717, 1.165) is 22.6 Å². The van der Waals surface area contributed by atoms with E-state index in [4.69, 9.17) is 0 Å². The zero-order chi connectivity index (χ0) is 9.26. The lowest BCUT2D eigenvalue weighted by Gasteiger charge is -2.01. The molecule has 0 aliphatic carbocycles. The lowest BCUT2D eigenvalue weighted by atomic mass is 10.2. The quantitative estimate of drug-likeness (QED) is 0.717. The molecule has 0 fully saturated rings. The summed E-state index contributed by atoms with van der Waals surface area (Å²) in [6, 6.07) is 2.00. The molecule has 0 amide bonds. The van der Waals surface area contributed by atoms with E-state index in [-0.39, 0.29) is 0 Å². The third-order valence-electron chi connectivity index (χ3n) is 1.95. The van der Waals surface area contributed by atoms with Gasteiger partial charge in [-0.05, 0) is 19.9 Å². The average Bonchev–Trinajstić information content (AvgIpc) is 2.61. The van der Waals surface area contributed by atoms with Crippen molar-refractivity contribution in [2.75, 3.05) is 0 Å². The van der Waals surface area contributed by atoms with Crippen LogP contribution in [-0.4, -0.2) is 15.0 Å². The lowest BCUT2D eigenvalue weighted by molar-refractivity contribution is 1.07. The van der Waals surface area contributed by atoms with Gasteiger partial charge in [-0.2, -0.15) is 0 Å². The molecule has 2 heterocycles. The van der Waals surface area contributed by atoms with E-state index < -0.39 is 0 Å². The summed E-state index contributed by atoms with van der Waals surface area (Å²) in [7, 11) is 0. The third-order valence-corrected chi connectivity index (χ3v) is 1.95. The molecule has 0 aliphatic heterocycles. The largest absolute Gasteiger partial charge is 0.367 e. The minimum Gasteiger partial charge on any atom is -0.367 e. The maximum atomic E-state index is 4.43. The van der Waals surface area contributed by atoms with Crippen molar-refractivity contribution >= 4 is 0 Å². The Balaban J connectivity index is 2.57. The molecule has 2 aromatic rings. The molecule has 3 heteroatoms. The second-order valence-electron chi connectivity index (χ2n) is 3.05. The Morgan fingerprint density at radius 2 is 2.15 bits per heavy atom. The van der Waals surface area contributed by atoms with Gasteiger partial charge in [-0.15, -0.1) is 0 Å². The molecule has 2 rings (SSSR count). The summed E-state index contributed by atoms with van der Waals surface area (Å²) < 4.78 is 0. The van der Waals surface area contributed by atoms with Gasteiger partial charge in [-0.3, -0.25) is 4.98 Å². The molecule has 0 saturated heterocycles. The van der Waals surface area contributed by atoms with Gasteiger partial charge in [0.25, 0.3) is 0 Å². The molecule has 13 heavy (non-hydrogen) atoms. The highest BCUT2D eigenvalue weighted by molar-refractivity contribution is 5.60. The summed E-state index contributed by atoms with van der Waals surface area (Å²) in [6.07, 6.45) is 5.60. The maximum Gasteiger partial charge on any atom is 0.0932 e. The minimum absolute atomic E-state index is 0.946. The molecule has 0 spiro atoms. The van der Waals surface area contributed by atoms with Crippen LogP contribution in [0.2, 0.25) is 0 Å². The summed E-state index contributed by atoms with van der Waals surface area (Å²) in [4.78, 5) is 11.7. The van der Waals surface area contributed by atoms with Gasteiger partial charge in [0.1, 0.15) is 0 Å². The molecule has 0 aromatic carbocycles. The van der Waals surface area contributed by atoms with Gasteiger partial charge < -0.3 is 4.98 Å². The summed E-state index contributed by atoms with van der Waals surface area (Å²) in [5.74, 6) is 0. The topological polar surface area (TPSA) is 41.6 Å². The number of nitrogens with zero attached hydrogens (tertiary/aromatic N) is 2. The van der Waals surface area contributed by atoms with E-state index >= 15 is 0 Å². The molecular formula is C10H11N3. The van der Waals surface area contributed by atoms with Crippen molar-refractivity contribution in [3.63, 3.8) is 0 Å². The normalized spacial score (nSPS) is 10.3. The zero-order valence-electron chi connectivity index (χ0n) is 7.70. The number of nitrogens with one attached hydrogen (secondary N) is 1. The van der Waals surface area contributed by atoms with Crippen LogP contribution in [-0.2, 0) is 0 Å². The Morgan fingerprint density at radius 1 is 1.31 bits per heavy atom. The molecule has 0 radical (unpaired) electrons. The highest BCUT2D eigenvalue weighted by Gasteiger charge is 2.04. The van der Waals surface area contributed by atoms with Crippen LogP contribution in [0.1, 0.15) is 11.4 Å². The lowest BCUT2D eigenvalue weighted by Crippen LogP contribution is -1.93. The van der Waals surface area contributed by atoms with Crippen LogP contribution in [0.3, 0.4) is 0 Å². The van der Waals surface area contributed by atoms with E-state index in [9.17, 15) is 0 Å². The number of aromatic amines is 1. The molecular weight excluding hydrogens is 162 g/mol. The van der Waals surface area contributed by atoms with Crippen molar-refractivity contribution in [3.8, 4) is 11.3 Å². The van der Waals surface area contributed by atoms with Gasteiger partial charge in [0, 0.05) is 24.2 Å². The fourth-order valence-corrected chi connectivity index (χ4v) is 1.28. The van der Waals surface area contributed by atoms with Crippen molar-refractivity contribution in [1.29, 1.82) is 0 Å². The first kappa shape index (κ1) is 7.98. The van der Waals surface area contributed by atoms with E-state index in [1.807, 2.05) is 32.3 Å². The van der Waals surface area contributed by atoms with Crippen molar-refractivity contribution < 1.29 is 0 Å². The Kier molecular flexibility index (Phi) is 1.85. The number of H-pyrrole nitrogens is 1. The van der Waals surface area contributed by atoms with E-state index in [1.54, 1.807) is 6.20 Å². The van der Waals surface area contributed by atoms with Gasteiger partial charge in [0.05, 0.1) is 17.1 Å². The molecule has 2 aromatic heterocycles. The molecule has 1 N–H and O–H groups in total. The number of hydrogen-bond donors (Lipinski definition) is 1. The maximum absolute atomic E-state index is 4.43. The fourth-order valence-electron chi connectivity index (χ4n) is 1.28. The molecule has 0 aliphatic rings. The minimum atomic E-state index is 0.946. The van der Waals surface area contributed by atoms with Crippen LogP contribution in [0, 0.1) is 13.8 Å². The number of hydrogen-bond acceptors (Lipinski definition) is 2. The second kappa shape index (κ2) is 3.01. The van der Waals surface area contributed by atoms with Gasteiger partial charge in [-0.25, -0.2) is 4.98 Å². The second-order valence-corrected chi connectivity index (χ2v) is 3.05. The third kappa shape index (κ3) is 1.45. The van der Waals surface area contributed by atoms with Gasteiger partial charge in [-0.1, -0.05) is 0 Å². The summed E-state index contributed by atoms with van der Waals surface area (Å²) in [5.41, 5.74) is 3.96. The monoisotopic (exact) mass is 173 g/mol. The molecule has 0 unspecified atom stereocenters. The van der Waals surface area contributed by atoms with Gasteiger partial charge in [0.15, 0.2) is 0 Å². The van der Waals surface area contributed by atoms with Crippen molar-refractivity contribution in [3.05, 3.63) is 36.0 Å². The number of aromatic nitrogens is 3. The number of aryl methyl sites for hydroxylation is 2. The average molecular weight is 173 g/mol. The Labute approximate surface area is 76.9 Å². The van der Waals surface area contributed by atoms with Crippen LogP contribution >= 0.6 is 0 Å². The summed E-state index contributed by atoms with van der Waals surface area (Å²) in [5, 5.41) is 0. The predicted octanol–water partition coefficient (Wildman–Crippen LogP) is 2.09. The van der Waals surface area contributed by atoms with Crippen molar-refractivity contribution in [1.82, 2.24) is 15.0 Å². The van der Waals surface area contributed by atoms with Crippen LogP contribution in [0.25, 0.3) is 11.3 Å². The smallest absolute Gasteiger partial charge is 0.0932 e. The van der Waals surface area contributed by atoms with E-state index in [1.165, 1.54) is 0 Å². The molecule has 66 valence electrons. The highest BCUT2D eigenvalue weighted by atomic mass is 14.8. The van der Waals surface area contributed by atoms with Crippen LogP contribution in [0.4, 0.5) is 0 Å². The molecule has 3 nitrogen and oxygen atoms in total. The van der Waals surface area contributed by atoms with Crippen LogP contribution in [0.15, 0.2) is 24.7 Å². The molecule has 0 atom stereocenters. The Bertz CT molecular complexity index is 404. The zero-order valence-corrected chi connectivity index (χ0v) is 7.70. The number of rotatable bonds is 1. The standard InChI is InChI=1S/C10H11N3/c1-7-5-12-8(2)10(13-7)9-3-4-11-6-9/h3-6,11H,1-2H3. The van der Waals surface area contributed by atoms with Crippen molar-refractivity contribution in [2.24, 2.45) is 0 Å². The molecule has 0 saturated carbocycles. The first-order valence-corrected chi connectivity index (χ1v) is 4.21. The Hall–Kier alpha value is -1.64. The van der Waals surface area contributed by atoms with Crippen LogP contribution < -0.4 is 0 Å². The van der Waals surface area contributed by atoms with E-state index in [0.29, 0.717) is 0 Å². The van der Waals surface area contributed by atoms with E-state index in [2.05, 4.69) is 15.0 Å². The fraction of sp³-hybridized carbons (Fsp3) is 0.200. The SMILES string of the molecule is Cc1cnc(C)c(-c2cc[nH]c2)n1. The predicted molar refractivity (Wildman–Crippen MR) is 51.3 cm³/mol. The summed E-state index contributed by atoms with van der Waals surface area (Å²) >= 11 is 0. The highest BCUT2D eigenvalue weighted by Crippen LogP contribution is 2.18. The first-order chi connectivity index (χ1) is 6.27. The molecule has 0 bridgehead atoms.